The van der Waals surface area contributed by atoms with Crippen molar-refractivity contribution in [1.29, 1.82) is 0 Å². The fraction of sp³-hybridized carbons (Fsp3) is 0.727. The van der Waals surface area contributed by atoms with Crippen molar-refractivity contribution in [2.75, 3.05) is 6.54 Å². The predicted octanol–water partition coefficient (Wildman–Crippen LogP) is 0.401. The molecule has 6 heteroatoms. The summed E-state index contributed by atoms with van der Waals surface area (Å²) in [6.07, 6.45) is 2.56. The van der Waals surface area contributed by atoms with Gasteiger partial charge in [-0.3, -0.25) is 9.48 Å². The van der Waals surface area contributed by atoms with Gasteiger partial charge in [-0.1, -0.05) is 19.1 Å². The van der Waals surface area contributed by atoms with E-state index in [1.165, 1.54) is 0 Å². The van der Waals surface area contributed by atoms with Gasteiger partial charge in [0.15, 0.2) is 5.69 Å². The van der Waals surface area contributed by atoms with Crippen LogP contribution in [0.5, 0.6) is 0 Å². The van der Waals surface area contributed by atoms with Gasteiger partial charge in [0, 0.05) is 12.6 Å². The standard InChI is InChI=1S/C11H21N5O/c1-8(2)6-9(3)13-11(17)10-7-16(5-4-12)15-14-10/h7-9H,4-6,12H2,1-3H3,(H,13,17). The third-order valence-electron chi connectivity index (χ3n) is 2.33. The van der Waals surface area contributed by atoms with Crippen LogP contribution in [0.15, 0.2) is 6.20 Å². The highest BCUT2D eigenvalue weighted by Gasteiger charge is 2.14. The molecule has 0 fully saturated rings. The van der Waals surface area contributed by atoms with Crippen LogP contribution in [0, 0.1) is 5.92 Å². The highest BCUT2D eigenvalue weighted by molar-refractivity contribution is 5.92. The Morgan fingerprint density at radius 2 is 2.24 bits per heavy atom. The summed E-state index contributed by atoms with van der Waals surface area (Å²) in [6, 6.07) is 0.141. The monoisotopic (exact) mass is 239 g/mol. The number of amides is 1. The minimum Gasteiger partial charge on any atom is -0.348 e. The van der Waals surface area contributed by atoms with E-state index in [0.717, 1.165) is 6.42 Å². The van der Waals surface area contributed by atoms with E-state index in [1.54, 1.807) is 10.9 Å². The molecule has 1 unspecified atom stereocenters. The van der Waals surface area contributed by atoms with Crippen molar-refractivity contribution in [2.24, 2.45) is 11.7 Å². The zero-order valence-electron chi connectivity index (χ0n) is 10.7. The maximum absolute atomic E-state index is 11.8. The maximum atomic E-state index is 11.8. The Hall–Kier alpha value is -1.43. The lowest BCUT2D eigenvalue weighted by molar-refractivity contribution is 0.0931. The number of hydrogen-bond donors (Lipinski definition) is 2. The van der Waals surface area contributed by atoms with E-state index in [1.807, 2.05) is 6.92 Å². The minimum atomic E-state index is -0.179. The predicted molar refractivity (Wildman–Crippen MR) is 65.5 cm³/mol. The number of nitrogens with one attached hydrogen (secondary N) is 1. The number of nitrogens with two attached hydrogens (primary N) is 1. The van der Waals surface area contributed by atoms with Crippen molar-refractivity contribution in [3.8, 4) is 0 Å². The fourth-order valence-corrected chi connectivity index (χ4v) is 1.71. The van der Waals surface area contributed by atoms with E-state index in [4.69, 9.17) is 5.73 Å². The first kappa shape index (κ1) is 13.6. The third-order valence-corrected chi connectivity index (χ3v) is 2.33. The molecule has 0 aliphatic heterocycles. The molecule has 3 N–H and O–H groups in total. The highest BCUT2D eigenvalue weighted by atomic mass is 16.2. The molecular formula is C11H21N5O. The van der Waals surface area contributed by atoms with Gasteiger partial charge in [-0.05, 0) is 19.3 Å². The van der Waals surface area contributed by atoms with Crippen molar-refractivity contribution in [3.05, 3.63) is 11.9 Å². The van der Waals surface area contributed by atoms with Crippen LogP contribution in [-0.2, 0) is 6.54 Å². The molecule has 0 radical (unpaired) electrons. The lowest BCUT2D eigenvalue weighted by Gasteiger charge is -2.14. The number of aromatic nitrogens is 3. The topological polar surface area (TPSA) is 85.8 Å². The Morgan fingerprint density at radius 1 is 1.53 bits per heavy atom. The van der Waals surface area contributed by atoms with Gasteiger partial charge in [0.2, 0.25) is 0 Å². The molecule has 96 valence electrons. The summed E-state index contributed by atoms with van der Waals surface area (Å²) in [7, 11) is 0. The smallest absolute Gasteiger partial charge is 0.273 e. The van der Waals surface area contributed by atoms with E-state index in [0.29, 0.717) is 24.7 Å². The summed E-state index contributed by atoms with van der Waals surface area (Å²) in [6.45, 7) is 7.29. The summed E-state index contributed by atoms with van der Waals surface area (Å²) in [5.74, 6) is 0.375. The molecule has 17 heavy (non-hydrogen) atoms. The van der Waals surface area contributed by atoms with Gasteiger partial charge in [-0.2, -0.15) is 0 Å². The fourth-order valence-electron chi connectivity index (χ4n) is 1.71. The molecule has 0 aliphatic rings. The number of carbonyl (C=O) groups is 1. The van der Waals surface area contributed by atoms with Crippen molar-refractivity contribution in [1.82, 2.24) is 20.3 Å². The summed E-state index contributed by atoms with van der Waals surface area (Å²) < 4.78 is 1.57. The largest absolute Gasteiger partial charge is 0.348 e. The van der Waals surface area contributed by atoms with Crippen LogP contribution in [0.2, 0.25) is 0 Å². The summed E-state index contributed by atoms with van der Waals surface area (Å²) in [5, 5.41) is 10.5. The Balaban J connectivity index is 2.51. The van der Waals surface area contributed by atoms with Crippen LogP contribution < -0.4 is 11.1 Å². The van der Waals surface area contributed by atoms with E-state index in [-0.39, 0.29) is 11.9 Å². The van der Waals surface area contributed by atoms with Gasteiger partial charge < -0.3 is 11.1 Å². The molecule has 0 saturated heterocycles. The lowest BCUT2D eigenvalue weighted by Crippen LogP contribution is -2.33. The first-order valence-corrected chi connectivity index (χ1v) is 5.94. The van der Waals surface area contributed by atoms with E-state index < -0.39 is 0 Å². The molecular weight excluding hydrogens is 218 g/mol. The van der Waals surface area contributed by atoms with Crippen LogP contribution in [0.25, 0.3) is 0 Å². The Bertz CT molecular complexity index is 360. The lowest BCUT2D eigenvalue weighted by atomic mass is 10.1. The summed E-state index contributed by atoms with van der Waals surface area (Å²) in [5.41, 5.74) is 5.73. The summed E-state index contributed by atoms with van der Waals surface area (Å²) >= 11 is 0. The van der Waals surface area contributed by atoms with Crippen molar-refractivity contribution >= 4 is 5.91 Å². The van der Waals surface area contributed by atoms with Crippen molar-refractivity contribution < 1.29 is 4.79 Å². The van der Waals surface area contributed by atoms with E-state index >= 15 is 0 Å². The number of carbonyl (C=O) groups excluding carboxylic acids is 1. The molecule has 0 spiro atoms. The van der Waals surface area contributed by atoms with Gasteiger partial charge in [0.25, 0.3) is 5.91 Å². The zero-order valence-corrected chi connectivity index (χ0v) is 10.7. The van der Waals surface area contributed by atoms with E-state index in [2.05, 4.69) is 29.5 Å². The third kappa shape index (κ3) is 4.52. The zero-order chi connectivity index (χ0) is 12.8. The van der Waals surface area contributed by atoms with Crippen LogP contribution in [0.3, 0.4) is 0 Å². The Morgan fingerprint density at radius 3 is 2.82 bits per heavy atom. The maximum Gasteiger partial charge on any atom is 0.273 e. The Labute approximate surface area is 102 Å². The molecule has 6 nitrogen and oxygen atoms in total. The van der Waals surface area contributed by atoms with Crippen LogP contribution >= 0.6 is 0 Å². The first-order chi connectivity index (χ1) is 8.02. The normalized spacial score (nSPS) is 12.8. The number of nitrogens with zero attached hydrogens (tertiary/aromatic N) is 3. The van der Waals surface area contributed by atoms with Gasteiger partial charge in [-0.25, -0.2) is 0 Å². The average Bonchev–Trinajstić information content (AvgIpc) is 2.65. The van der Waals surface area contributed by atoms with Crippen LogP contribution in [-0.4, -0.2) is 33.5 Å². The molecule has 0 bridgehead atoms. The molecule has 1 aromatic heterocycles. The second kappa shape index (κ2) is 6.34. The molecule has 0 aromatic carbocycles. The number of hydrogen-bond acceptors (Lipinski definition) is 4. The molecule has 1 amide bonds. The van der Waals surface area contributed by atoms with Gasteiger partial charge in [0.1, 0.15) is 0 Å². The second-order valence-corrected chi connectivity index (χ2v) is 4.66. The van der Waals surface area contributed by atoms with Gasteiger partial charge >= 0.3 is 0 Å². The van der Waals surface area contributed by atoms with Crippen molar-refractivity contribution in [2.45, 2.75) is 39.8 Å². The molecule has 1 rings (SSSR count). The van der Waals surface area contributed by atoms with Crippen LogP contribution in [0.4, 0.5) is 0 Å². The molecule has 1 aromatic rings. The number of rotatable bonds is 6. The van der Waals surface area contributed by atoms with Crippen LogP contribution in [0.1, 0.15) is 37.7 Å². The molecule has 0 aliphatic carbocycles. The minimum absolute atomic E-state index is 0.141. The summed E-state index contributed by atoms with van der Waals surface area (Å²) in [4.78, 5) is 11.8. The first-order valence-electron chi connectivity index (χ1n) is 5.94. The molecule has 1 atom stereocenters. The average molecular weight is 239 g/mol. The van der Waals surface area contributed by atoms with E-state index in [9.17, 15) is 4.79 Å². The SMILES string of the molecule is CC(C)CC(C)NC(=O)c1cn(CCN)nn1. The van der Waals surface area contributed by atoms with Crippen molar-refractivity contribution in [3.63, 3.8) is 0 Å². The quantitative estimate of drug-likeness (QED) is 0.752. The van der Waals surface area contributed by atoms with Gasteiger partial charge in [0.05, 0.1) is 12.7 Å². The highest BCUT2D eigenvalue weighted by Crippen LogP contribution is 2.04. The van der Waals surface area contributed by atoms with Gasteiger partial charge in [-0.15, -0.1) is 5.10 Å². The Kier molecular flexibility index (Phi) is 5.09. The second-order valence-electron chi connectivity index (χ2n) is 4.66. The molecule has 1 heterocycles. The molecule has 0 saturated carbocycles.